The van der Waals surface area contributed by atoms with Crippen LogP contribution in [0.5, 0.6) is 5.75 Å². The summed E-state index contributed by atoms with van der Waals surface area (Å²) >= 11 is 11.6. The van der Waals surface area contributed by atoms with E-state index in [0.29, 0.717) is 35.2 Å². The zero-order chi connectivity index (χ0) is 27.2. The van der Waals surface area contributed by atoms with E-state index in [1.807, 2.05) is 6.92 Å². The lowest BCUT2D eigenvalue weighted by Crippen LogP contribution is -2.54. The Bertz CT molecular complexity index is 1250. The van der Waals surface area contributed by atoms with E-state index in [2.05, 4.69) is 26.6 Å². The number of aliphatic hydroxyl groups excluding tert-OH is 1. The molecule has 3 N–H and O–H groups in total. The molecule has 202 valence electrons. The van der Waals surface area contributed by atoms with Crippen LogP contribution in [0.2, 0.25) is 5.02 Å². The maximum absolute atomic E-state index is 14.0. The number of para-hydroxylation sites is 1. The molecule has 1 spiro atoms. The van der Waals surface area contributed by atoms with Crippen LogP contribution < -0.4 is 15.4 Å². The molecule has 3 aliphatic rings. The number of anilines is 2. The fourth-order valence-electron chi connectivity index (χ4n) is 6.02. The number of rotatable bonds is 8. The van der Waals surface area contributed by atoms with E-state index in [-0.39, 0.29) is 34.4 Å². The van der Waals surface area contributed by atoms with Gasteiger partial charge in [0.05, 0.1) is 46.5 Å². The van der Waals surface area contributed by atoms with E-state index < -0.39 is 28.7 Å². The van der Waals surface area contributed by atoms with E-state index in [9.17, 15) is 19.5 Å². The Morgan fingerprint density at radius 1 is 1.21 bits per heavy atom. The minimum atomic E-state index is -0.878. The molecule has 3 saturated heterocycles. The third-order valence-corrected chi connectivity index (χ3v) is 11.1. The molecular formula is C27H29BrClN3O5S. The summed E-state index contributed by atoms with van der Waals surface area (Å²) in [6, 6.07) is 12.5. The predicted octanol–water partition coefficient (Wildman–Crippen LogP) is 4.16. The van der Waals surface area contributed by atoms with Gasteiger partial charge in [-0.3, -0.25) is 14.4 Å². The van der Waals surface area contributed by atoms with Crippen molar-refractivity contribution in [2.24, 2.45) is 11.8 Å². The maximum Gasteiger partial charge on any atom is 0.248 e. The highest BCUT2D eigenvalue weighted by molar-refractivity contribution is 9.09. The third kappa shape index (κ3) is 4.49. The zero-order valence-corrected chi connectivity index (χ0v) is 24.1. The largest absolute Gasteiger partial charge is 0.494 e. The molecule has 3 heterocycles. The average molecular weight is 623 g/mol. The first kappa shape index (κ1) is 27.3. The van der Waals surface area contributed by atoms with E-state index in [1.165, 1.54) is 16.7 Å². The molecule has 0 aromatic heterocycles. The fourth-order valence-corrected chi connectivity index (χ4v) is 9.80. The molecule has 2 aromatic carbocycles. The molecule has 11 heteroatoms. The molecule has 2 bridgehead atoms. The van der Waals surface area contributed by atoms with Gasteiger partial charge in [0, 0.05) is 15.8 Å². The van der Waals surface area contributed by atoms with Crippen LogP contribution >= 0.6 is 39.3 Å². The molecule has 38 heavy (non-hydrogen) atoms. The van der Waals surface area contributed by atoms with Gasteiger partial charge in [-0.1, -0.05) is 39.7 Å². The van der Waals surface area contributed by atoms with Crippen LogP contribution in [0.1, 0.15) is 20.3 Å². The predicted molar refractivity (Wildman–Crippen MR) is 152 cm³/mol. The third-order valence-electron chi connectivity index (χ3n) is 7.58. The number of nitrogens with one attached hydrogen (secondary N) is 2. The normalized spacial score (nSPS) is 30.2. The van der Waals surface area contributed by atoms with Crippen molar-refractivity contribution in [2.75, 3.05) is 23.8 Å². The monoisotopic (exact) mass is 621 g/mol. The average Bonchev–Trinajstić information content (AvgIpc) is 3.49. The van der Waals surface area contributed by atoms with Crippen LogP contribution in [0.3, 0.4) is 0 Å². The second-order valence-electron chi connectivity index (χ2n) is 9.86. The maximum atomic E-state index is 14.0. The minimum absolute atomic E-state index is 0.0624. The summed E-state index contributed by atoms with van der Waals surface area (Å²) in [5, 5.41) is 16.1. The molecule has 3 fully saturated rings. The zero-order valence-electron chi connectivity index (χ0n) is 20.9. The van der Waals surface area contributed by atoms with Crippen molar-refractivity contribution >= 4 is 68.4 Å². The van der Waals surface area contributed by atoms with Gasteiger partial charge >= 0.3 is 0 Å². The van der Waals surface area contributed by atoms with Crippen molar-refractivity contribution in [3.8, 4) is 5.75 Å². The number of amides is 3. The Hall–Kier alpha value is -2.27. The number of likely N-dealkylation sites (tertiary alicyclic amines) is 1. The first-order valence-electron chi connectivity index (χ1n) is 12.6. The summed E-state index contributed by atoms with van der Waals surface area (Å²) in [7, 11) is 0. The van der Waals surface area contributed by atoms with Crippen LogP contribution in [0.15, 0.2) is 48.5 Å². The SMILES string of the molecule is CCOc1ccc(NC(=O)[C@H]2[C@H]3C(=O)N([C@H](C)CO)C(C(=O)Nc4ccccc4Cl)C34CC(Br)[C@@H]2S4)cc1. The van der Waals surface area contributed by atoms with E-state index >= 15 is 0 Å². The van der Waals surface area contributed by atoms with Crippen molar-refractivity contribution in [3.05, 3.63) is 53.6 Å². The number of hydrogen-bond acceptors (Lipinski definition) is 6. The highest BCUT2D eigenvalue weighted by Gasteiger charge is 2.76. The molecule has 0 saturated carbocycles. The Morgan fingerprint density at radius 3 is 2.58 bits per heavy atom. The molecular weight excluding hydrogens is 594 g/mol. The summed E-state index contributed by atoms with van der Waals surface area (Å²) in [6.45, 7) is 3.85. The number of hydrogen-bond donors (Lipinski definition) is 3. The lowest BCUT2D eigenvalue weighted by Gasteiger charge is -2.36. The number of carbonyl (C=O) groups is 3. The highest BCUT2D eigenvalue weighted by atomic mass is 79.9. The molecule has 5 rings (SSSR count). The molecule has 7 atom stereocenters. The summed E-state index contributed by atoms with van der Waals surface area (Å²) in [6.07, 6.45) is 0.542. The smallest absolute Gasteiger partial charge is 0.248 e. The number of alkyl halides is 1. The number of halogens is 2. The quantitative estimate of drug-likeness (QED) is 0.382. The summed E-state index contributed by atoms with van der Waals surface area (Å²) in [5.74, 6) is -1.58. The minimum Gasteiger partial charge on any atom is -0.494 e. The van der Waals surface area contributed by atoms with Crippen LogP contribution in [0.4, 0.5) is 11.4 Å². The van der Waals surface area contributed by atoms with Gasteiger partial charge in [0.1, 0.15) is 11.8 Å². The standard InChI is InChI=1S/C27H29BrClN3O5S/c1-3-37-16-10-8-15(9-11-16)30-24(34)20-21-26(36)32(14(2)13-33)23(27(21)12-17(28)22(20)38-27)25(35)31-19-7-5-4-6-18(19)29/h4-11,14,17,20-23,33H,3,12-13H2,1-2H3,(H,30,34)(H,31,35)/t14-,17?,20+,21+,22+,23?,27?/m1/s1. The van der Waals surface area contributed by atoms with Crippen LogP contribution in [0.25, 0.3) is 0 Å². The first-order valence-corrected chi connectivity index (χ1v) is 14.7. The molecule has 3 amide bonds. The van der Waals surface area contributed by atoms with Crippen molar-refractivity contribution in [1.29, 1.82) is 0 Å². The number of ether oxygens (including phenoxy) is 1. The van der Waals surface area contributed by atoms with Gasteiger partial charge in [0.25, 0.3) is 0 Å². The Kier molecular flexibility index (Phi) is 7.70. The fraction of sp³-hybridized carbons (Fsp3) is 0.444. The molecule has 2 aromatic rings. The Morgan fingerprint density at radius 2 is 1.92 bits per heavy atom. The lowest BCUT2D eigenvalue weighted by molar-refractivity contribution is -0.140. The van der Waals surface area contributed by atoms with Crippen molar-refractivity contribution in [1.82, 2.24) is 4.90 Å². The number of thioether (sulfide) groups is 1. The van der Waals surface area contributed by atoms with Gasteiger partial charge in [-0.2, -0.15) is 0 Å². The van der Waals surface area contributed by atoms with Crippen molar-refractivity contribution in [3.63, 3.8) is 0 Å². The van der Waals surface area contributed by atoms with Crippen LogP contribution in [-0.4, -0.2) is 67.8 Å². The lowest BCUT2D eigenvalue weighted by atomic mass is 9.70. The number of benzene rings is 2. The van der Waals surface area contributed by atoms with Crippen molar-refractivity contribution < 1.29 is 24.2 Å². The second kappa shape index (κ2) is 10.7. The molecule has 3 unspecified atom stereocenters. The number of aliphatic hydroxyl groups is 1. The van der Waals surface area contributed by atoms with Gasteiger partial charge < -0.3 is 25.4 Å². The molecule has 0 radical (unpaired) electrons. The van der Waals surface area contributed by atoms with Gasteiger partial charge in [-0.15, -0.1) is 11.8 Å². The summed E-state index contributed by atoms with van der Waals surface area (Å²) in [5.41, 5.74) is 1.05. The topological polar surface area (TPSA) is 108 Å². The summed E-state index contributed by atoms with van der Waals surface area (Å²) in [4.78, 5) is 42.9. The van der Waals surface area contributed by atoms with Crippen LogP contribution in [-0.2, 0) is 14.4 Å². The van der Waals surface area contributed by atoms with E-state index in [4.69, 9.17) is 16.3 Å². The number of nitrogens with zero attached hydrogens (tertiary/aromatic N) is 1. The number of carbonyl (C=O) groups excluding carboxylic acids is 3. The van der Waals surface area contributed by atoms with Gasteiger partial charge in [-0.25, -0.2) is 0 Å². The Labute approximate surface area is 238 Å². The first-order chi connectivity index (χ1) is 18.2. The van der Waals surface area contributed by atoms with Crippen molar-refractivity contribution in [2.45, 2.75) is 47.2 Å². The second-order valence-corrected chi connectivity index (χ2v) is 13.0. The molecule has 3 aliphatic heterocycles. The van der Waals surface area contributed by atoms with Gasteiger partial charge in [0.2, 0.25) is 17.7 Å². The van der Waals surface area contributed by atoms with Gasteiger partial charge in [-0.05, 0) is 56.7 Å². The molecule has 8 nitrogen and oxygen atoms in total. The van der Waals surface area contributed by atoms with Gasteiger partial charge in [0.15, 0.2) is 0 Å². The summed E-state index contributed by atoms with van der Waals surface area (Å²) < 4.78 is 4.65. The molecule has 0 aliphatic carbocycles. The van der Waals surface area contributed by atoms with E-state index in [1.54, 1.807) is 55.5 Å². The highest BCUT2D eigenvalue weighted by Crippen LogP contribution is 2.68. The van der Waals surface area contributed by atoms with Crippen LogP contribution in [0, 0.1) is 11.8 Å². The van der Waals surface area contributed by atoms with E-state index in [0.717, 1.165) is 0 Å². The Balaban J connectivity index is 1.47. The number of fused-ring (bicyclic) bond motifs is 1.